The van der Waals surface area contributed by atoms with Crippen molar-refractivity contribution in [1.82, 2.24) is 0 Å². The van der Waals surface area contributed by atoms with Gasteiger partial charge in [-0.25, -0.2) is 0 Å². The number of hydrogen-bond acceptors (Lipinski definition) is 0. The molecule has 1 atom stereocenters. The van der Waals surface area contributed by atoms with Gasteiger partial charge in [-0.1, -0.05) is 76.2 Å². The van der Waals surface area contributed by atoms with Crippen molar-refractivity contribution in [3.63, 3.8) is 0 Å². The summed E-state index contributed by atoms with van der Waals surface area (Å²) in [7, 11) is 0. The second kappa shape index (κ2) is 8.87. The van der Waals surface area contributed by atoms with E-state index in [4.69, 9.17) is 0 Å². The van der Waals surface area contributed by atoms with Crippen LogP contribution in [0.3, 0.4) is 0 Å². The van der Waals surface area contributed by atoms with Gasteiger partial charge >= 0.3 is 0 Å². The zero-order valence-corrected chi connectivity index (χ0v) is 15.9. The van der Waals surface area contributed by atoms with Crippen molar-refractivity contribution < 1.29 is 0 Å². The zero-order valence-electron chi connectivity index (χ0n) is 15.9. The smallest absolute Gasteiger partial charge is 0.0150 e. The minimum atomic E-state index is 0.456. The summed E-state index contributed by atoms with van der Waals surface area (Å²) in [5.41, 5.74) is 8.27. The van der Waals surface area contributed by atoms with E-state index in [1.54, 1.807) is 0 Å². The Labute approximate surface area is 148 Å². The highest BCUT2D eigenvalue weighted by molar-refractivity contribution is 5.66. The van der Waals surface area contributed by atoms with Crippen molar-refractivity contribution in [2.24, 2.45) is 5.92 Å². The minimum Gasteiger partial charge on any atom is -0.0949 e. The van der Waals surface area contributed by atoms with Crippen molar-refractivity contribution in [2.75, 3.05) is 0 Å². The van der Waals surface area contributed by atoms with Crippen LogP contribution in [0.2, 0.25) is 0 Å². The van der Waals surface area contributed by atoms with Crippen molar-refractivity contribution in [3.8, 4) is 0 Å². The van der Waals surface area contributed by atoms with Crippen LogP contribution in [0.15, 0.2) is 49.0 Å². The first-order chi connectivity index (χ1) is 11.5. The molecule has 0 bridgehead atoms. The average molecular weight is 321 g/mol. The van der Waals surface area contributed by atoms with Gasteiger partial charge in [0.15, 0.2) is 0 Å². The van der Waals surface area contributed by atoms with Crippen LogP contribution >= 0.6 is 0 Å². The maximum Gasteiger partial charge on any atom is -0.0150 e. The first-order valence-electron chi connectivity index (χ1n) is 9.41. The molecule has 0 nitrogen and oxygen atoms in total. The van der Waals surface area contributed by atoms with Crippen LogP contribution in [-0.4, -0.2) is 0 Å². The third-order valence-corrected chi connectivity index (χ3v) is 5.05. The highest BCUT2D eigenvalue weighted by Crippen LogP contribution is 2.27. The summed E-state index contributed by atoms with van der Waals surface area (Å²) in [6.07, 6.45) is 5.87. The summed E-state index contributed by atoms with van der Waals surface area (Å²) in [4.78, 5) is 0. The Balaban J connectivity index is 2.08. The first kappa shape index (κ1) is 18.5. The standard InChI is InChI=1S/C24H32/c1-6-8-12-23-13-14-24(16-19(23)4)20(5)18(3)15-22-11-9-10-21(7-2)17-22/h9-11,13-14,16-18H,5-8,12,15H2,1-4H3. The molecule has 2 aromatic rings. The van der Waals surface area contributed by atoms with Gasteiger partial charge in [0.1, 0.15) is 0 Å². The molecule has 0 aromatic heterocycles. The van der Waals surface area contributed by atoms with Gasteiger partial charge in [-0.3, -0.25) is 0 Å². The highest BCUT2D eigenvalue weighted by atomic mass is 14.2. The van der Waals surface area contributed by atoms with Gasteiger partial charge in [0.2, 0.25) is 0 Å². The van der Waals surface area contributed by atoms with E-state index in [-0.39, 0.29) is 0 Å². The molecule has 24 heavy (non-hydrogen) atoms. The van der Waals surface area contributed by atoms with E-state index in [1.165, 1.54) is 52.7 Å². The molecule has 0 amide bonds. The average Bonchev–Trinajstić information content (AvgIpc) is 2.60. The summed E-state index contributed by atoms with van der Waals surface area (Å²) >= 11 is 0. The lowest BCUT2D eigenvalue weighted by Gasteiger charge is -2.17. The van der Waals surface area contributed by atoms with Gasteiger partial charge in [0.25, 0.3) is 0 Å². The molecule has 0 aliphatic heterocycles. The molecule has 1 unspecified atom stereocenters. The van der Waals surface area contributed by atoms with Gasteiger partial charge in [-0.05, 0) is 71.9 Å². The van der Waals surface area contributed by atoms with E-state index in [1.807, 2.05) is 0 Å². The molecule has 0 radical (unpaired) electrons. The van der Waals surface area contributed by atoms with Crippen molar-refractivity contribution >= 4 is 5.57 Å². The SMILES string of the molecule is C=C(c1ccc(CCCC)c(C)c1)C(C)Cc1cccc(CC)c1. The van der Waals surface area contributed by atoms with Crippen LogP contribution in [-0.2, 0) is 19.3 Å². The third-order valence-electron chi connectivity index (χ3n) is 5.05. The van der Waals surface area contributed by atoms with E-state index >= 15 is 0 Å². The lowest BCUT2D eigenvalue weighted by Crippen LogP contribution is -2.03. The molecular weight excluding hydrogens is 288 g/mol. The van der Waals surface area contributed by atoms with Crippen LogP contribution in [0.25, 0.3) is 5.57 Å². The van der Waals surface area contributed by atoms with Crippen molar-refractivity contribution in [3.05, 3.63) is 76.9 Å². The van der Waals surface area contributed by atoms with Crippen molar-refractivity contribution in [2.45, 2.75) is 59.8 Å². The summed E-state index contributed by atoms with van der Waals surface area (Å²) in [6.45, 7) is 13.4. The third kappa shape index (κ3) is 4.84. The molecule has 0 aliphatic carbocycles. The van der Waals surface area contributed by atoms with Crippen LogP contribution in [0, 0.1) is 12.8 Å². The quantitative estimate of drug-likeness (QED) is 0.502. The lowest BCUT2D eigenvalue weighted by molar-refractivity contribution is 0.744. The van der Waals surface area contributed by atoms with Crippen LogP contribution in [0.4, 0.5) is 0 Å². The number of aryl methyl sites for hydroxylation is 3. The van der Waals surface area contributed by atoms with E-state index in [9.17, 15) is 0 Å². The number of hydrogen-bond donors (Lipinski definition) is 0. The molecule has 0 spiro atoms. The molecule has 0 heterocycles. The second-order valence-electron chi connectivity index (χ2n) is 7.05. The van der Waals surface area contributed by atoms with Crippen molar-refractivity contribution in [1.29, 1.82) is 0 Å². The topological polar surface area (TPSA) is 0 Å². The van der Waals surface area contributed by atoms with Crippen LogP contribution in [0.5, 0.6) is 0 Å². The Morgan fingerprint density at radius 2 is 1.79 bits per heavy atom. The number of benzene rings is 2. The van der Waals surface area contributed by atoms with Gasteiger partial charge in [0.05, 0.1) is 0 Å². The van der Waals surface area contributed by atoms with E-state index in [0.29, 0.717) is 5.92 Å². The Morgan fingerprint density at radius 3 is 2.46 bits per heavy atom. The summed E-state index contributed by atoms with van der Waals surface area (Å²) < 4.78 is 0. The minimum absolute atomic E-state index is 0.456. The Morgan fingerprint density at radius 1 is 1.04 bits per heavy atom. The fourth-order valence-electron chi connectivity index (χ4n) is 3.28. The molecule has 0 heteroatoms. The van der Waals surface area contributed by atoms with Gasteiger partial charge in [-0.2, -0.15) is 0 Å². The monoisotopic (exact) mass is 320 g/mol. The van der Waals surface area contributed by atoms with Gasteiger partial charge in [-0.15, -0.1) is 0 Å². The summed E-state index contributed by atoms with van der Waals surface area (Å²) in [6, 6.07) is 15.9. The van der Waals surface area contributed by atoms with Gasteiger partial charge < -0.3 is 0 Å². The summed E-state index contributed by atoms with van der Waals surface area (Å²) in [5.74, 6) is 0.456. The predicted octanol–water partition coefficient (Wildman–Crippen LogP) is 6.79. The molecule has 0 fully saturated rings. The fourth-order valence-corrected chi connectivity index (χ4v) is 3.28. The maximum atomic E-state index is 4.40. The first-order valence-corrected chi connectivity index (χ1v) is 9.41. The van der Waals surface area contributed by atoms with Crippen LogP contribution in [0.1, 0.15) is 61.4 Å². The number of rotatable bonds is 8. The van der Waals surface area contributed by atoms with E-state index in [2.05, 4.69) is 76.7 Å². The zero-order chi connectivity index (χ0) is 17.5. The Kier molecular flexibility index (Phi) is 6.85. The predicted molar refractivity (Wildman–Crippen MR) is 108 cm³/mol. The molecule has 0 N–H and O–H groups in total. The molecule has 128 valence electrons. The molecule has 2 rings (SSSR count). The fraction of sp³-hybridized carbons (Fsp3) is 0.417. The Hall–Kier alpha value is -1.82. The molecular formula is C24H32. The number of unbranched alkanes of at least 4 members (excludes halogenated alkanes) is 1. The molecule has 0 saturated heterocycles. The molecule has 0 aliphatic rings. The number of allylic oxidation sites excluding steroid dienone is 1. The van der Waals surface area contributed by atoms with E-state index in [0.717, 1.165) is 12.8 Å². The van der Waals surface area contributed by atoms with Gasteiger partial charge in [0, 0.05) is 0 Å². The normalized spacial score (nSPS) is 12.2. The molecule has 2 aromatic carbocycles. The highest BCUT2D eigenvalue weighted by Gasteiger charge is 2.11. The summed E-state index contributed by atoms with van der Waals surface area (Å²) in [5, 5.41) is 0. The second-order valence-corrected chi connectivity index (χ2v) is 7.05. The molecule has 0 saturated carbocycles. The van der Waals surface area contributed by atoms with E-state index < -0.39 is 0 Å². The maximum absolute atomic E-state index is 4.40. The lowest BCUT2D eigenvalue weighted by atomic mass is 9.88. The van der Waals surface area contributed by atoms with Crippen LogP contribution < -0.4 is 0 Å². The Bertz CT molecular complexity index is 678. The largest absolute Gasteiger partial charge is 0.0949 e.